The predicted octanol–water partition coefficient (Wildman–Crippen LogP) is 1.38. The average molecular weight is 143 g/mol. The van der Waals surface area contributed by atoms with E-state index in [1.54, 1.807) is 13.0 Å². The number of aliphatic hydroxyl groups is 1. The number of nitrogens with two attached hydrogens (primary N) is 1. The minimum Gasteiger partial charge on any atom is -0.398 e. The number of rotatable bonds is 1. The first-order valence-corrected chi connectivity index (χ1v) is 3.60. The summed E-state index contributed by atoms with van der Waals surface area (Å²) in [6, 6.07) is 1.80. The van der Waals surface area contributed by atoms with Crippen molar-refractivity contribution < 1.29 is 5.11 Å². The maximum atomic E-state index is 9.02. The van der Waals surface area contributed by atoms with Crippen LogP contribution in [0.4, 0.5) is 5.69 Å². The lowest BCUT2D eigenvalue weighted by molar-refractivity contribution is 0.204. The van der Waals surface area contributed by atoms with Crippen molar-refractivity contribution in [1.29, 1.82) is 0 Å². The number of hydrogen-bond acceptors (Lipinski definition) is 3. The highest BCUT2D eigenvalue weighted by Crippen LogP contribution is 2.25. The monoisotopic (exact) mass is 143 g/mol. The van der Waals surface area contributed by atoms with Crippen LogP contribution in [0.5, 0.6) is 0 Å². The molecule has 0 aliphatic heterocycles. The molecule has 1 unspecified atom stereocenters. The summed E-state index contributed by atoms with van der Waals surface area (Å²) in [5.74, 6) is 0. The van der Waals surface area contributed by atoms with Gasteiger partial charge in [0, 0.05) is 5.69 Å². The Labute approximate surface area is 57.9 Å². The van der Waals surface area contributed by atoms with E-state index >= 15 is 0 Å². The average Bonchev–Trinajstić information content (AvgIpc) is 2.13. The first-order valence-electron chi connectivity index (χ1n) is 2.72. The molecule has 1 heterocycles. The first kappa shape index (κ1) is 6.58. The molecule has 0 saturated heterocycles. The summed E-state index contributed by atoms with van der Waals surface area (Å²) in [5, 5.41) is 10.9. The smallest absolute Gasteiger partial charge is 0.0874 e. The molecule has 0 bridgehead atoms. The van der Waals surface area contributed by atoms with E-state index in [1.165, 1.54) is 11.3 Å². The second-order valence-corrected chi connectivity index (χ2v) is 2.86. The molecule has 1 aromatic heterocycles. The van der Waals surface area contributed by atoms with Crippen molar-refractivity contribution in [2.75, 3.05) is 5.73 Å². The lowest BCUT2D eigenvalue weighted by Gasteiger charge is -1.99. The topological polar surface area (TPSA) is 46.2 Å². The Morgan fingerprint density at radius 1 is 1.78 bits per heavy atom. The third-order valence-corrected chi connectivity index (χ3v) is 2.21. The zero-order chi connectivity index (χ0) is 6.85. The van der Waals surface area contributed by atoms with Crippen molar-refractivity contribution in [3.8, 4) is 0 Å². The lowest BCUT2D eigenvalue weighted by atomic mass is 10.3. The molecule has 0 fully saturated rings. The van der Waals surface area contributed by atoms with E-state index in [4.69, 9.17) is 10.8 Å². The van der Waals surface area contributed by atoms with E-state index in [0.717, 1.165) is 4.88 Å². The maximum Gasteiger partial charge on any atom is 0.0874 e. The van der Waals surface area contributed by atoms with Crippen LogP contribution in [0.2, 0.25) is 0 Å². The van der Waals surface area contributed by atoms with Crippen molar-refractivity contribution in [2.24, 2.45) is 0 Å². The van der Waals surface area contributed by atoms with Gasteiger partial charge in [0.2, 0.25) is 0 Å². The van der Waals surface area contributed by atoms with Crippen molar-refractivity contribution in [3.05, 3.63) is 16.3 Å². The van der Waals surface area contributed by atoms with Gasteiger partial charge in [0.25, 0.3) is 0 Å². The fourth-order valence-corrected chi connectivity index (χ4v) is 1.43. The molecule has 3 heteroatoms. The van der Waals surface area contributed by atoms with Gasteiger partial charge < -0.3 is 10.8 Å². The molecule has 0 amide bonds. The molecule has 2 nitrogen and oxygen atoms in total. The van der Waals surface area contributed by atoms with E-state index in [0.29, 0.717) is 5.69 Å². The summed E-state index contributed by atoms with van der Waals surface area (Å²) in [5.41, 5.74) is 6.18. The number of aliphatic hydroxyl groups excluding tert-OH is 1. The van der Waals surface area contributed by atoms with Crippen molar-refractivity contribution in [3.63, 3.8) is 0 Å². The minimum absolute atomic E-state index is 0.426. The van der Waals surface area contributed by atoms with Gasteiger partial charge in [-0.3, -0.25) is 0 Å². The highest BCUT2D eigenvalue weighted by molar-refractivity contribution is 7.10. The molecule has 9 heavy (non-hydrogen) atoms. The Morgan fingerprint density at radius 3 is 2.67 bits per heavy atom. The number of anilines is 1. The highest BCUT2D eigenvalue weighted by Gasteiger charge is 2.04. The van der Waals surface area contributed by atoms with Crippen molar-refractivity contribution in [2.45, 2.75) is 13.0 Å². The Kier molecular flexibility index (Phi) is 1.73. The van der Waals surface area contributed by atoms with Crippen LogP contribution in [-0.2, 0) is 0 Å². The first-order chi connectivity index (χ1) is 4.22. The maximum absolute atomic E-state index is 9.02. The molecule has 0 aliphatic rings. The normalized spacial score (nSPS) is 13.6. The van der Waals surface area contributed by atoms with Gasteiger partial charge in [0.1, 0.15) is 0 Å². The molecule has 0 aliphatic carbocycles. The quantitative estimate of drug-likeness (QED) is 0.624. The van der Waals surface area contributed by atoms with E-state index < -0.39 is 6.10 Å². The number of thiophene rings is 1. The Morgan fingerprint density at radius 2 is 2.44 bits per heavy atom. The minimum atomic E-state index is -0.426. The summed E-state index contributed by atoms with van der Waals surface area (Å²) >= 11 is 1.48. The Balaban J connectivity index is 2.94. The highest BCUT2D eigenvalue weighted by atomic mass is 32.1. The zero-order valence-electron chi connectivity index (χ0n) is 5.16. The number of nitrogen functional groups attached to an aromatic ring is 1. The van der Waals surface area contributed by atoms with Crippen molar-refractivity contribution >= 4 is 17.0 Å². The van der Waals surface area contributed by atoms with Gasteiger partial charge in [-0.05, 0) is 18.4 Å². The van der Waals surface area contributed by atoms with Gasteiger partial charge >= 0.3 is 0 Å². The molecule has 1 atom stereocenters. The SMILES string of the molecule is CC(O)c1sccc1N. The molecule has 1 rings (SSSR count). The van der Waals surface area contributed by atoms with E-state index in [9.17, 15) is 0 Å². The van der Waals surface area contributed by atoms with Gasteiger partial charge in [0.05, 0.1) is 11.0 Å². The van der Waals surface area contributed by atoms with Crippen LogP contribution in [0.1, 0.15) is 17.9 Å². The summed E-state index contributed by atoms with van der Waals surface area (Å²) in [6.45, 7) is 1.71. The molecule has 3 N–H and O–H groups in total. The van der Waals surface area contributed by atoms with E-state index in [2.05, 4.69) is 0 Å². The Hall–Kier alpha value is -0.540. The standard InChI is InChI=1S/C6H9NOS/c1-4(8)6-5(7)2-3-9-6/h2-4,8H,7H2,1H3. The fraction of sp³-hybridized carbons (Fsp3) is 0.333. The van der Waals surface area contributed by atoms with E-state index in [1.807, 2.05) is 5.38 Å². The van der Waals surface area contributed by atoms with E-state index in [-0.39, 0.29) is 0 Å². The lowest BCUT2D eigenvalue weighted by Crippen LogP contribution is -1.91. The van der Waals surface area contributed by atoms with Gasteiger partial charge in [-0.15, -0.1) is 11.3 Å². The van der Waals surface area contributed by atoms with Crippen LogP contribution >= 0.6 is 11.3 Å². The molecule has 0 aromatic carbocycles. The second-order valence-electron chi connectivity index (χ2n) is 1.92. The molecule has 50 valence electrons. The second kappa shape index (κ2) is 2.37. The fourth-order valence-electron chi connectivity index (χ4n) is 0.670. The summed E-state index contributed by atoms with van der Waals surface area (Å²) in [4.78, 5) is 0.856. The number of hydrogen-bond donors (Lipinski definition) is 2. The molecular weight excluding hydrogens is 134 g/mol. The Bertz CT molecular complexity index is 195. The third kappa shape index (κ3) is 1.23. The summed E-state index contributed by atoms with van der Waals surface area (Å²) in [6.07, 6.45) is -0.426. The molecule has 0 saturated carbocycles. The van der Waals surface area contributed by atoms with Crippen LogP contribution in [0.3, 0.4) is 0 Å². The van der Waals surface area contributed by atoms with Gasteiger partial charge in [-0.1, -0.05) is 0 Å². The van der Waals surface area contributed by atoms with Gasteiger partial charge in [-0.25, -0.2) is 0 Å². The summed E-state index contributed by atoms with van der Waals surface area (Å²) < 4.78 is 0. The molecule has 0 radical (unpaired) electrons. The van der Waals surface area contributed by atoms with Crippen LogP contribution in [0.25, 0.3) is 0 Å². The van der Waals surface area contributed by atoms with Gasteiger partial charge in [0.15, 0.2) is 0 Å². The van der Waals surface area contributed by atoms with Gasteiger partial charge in [-0.2, -0.15) is 0 Å². The van der Waals surface area contributed by atoms with Crippen LogP contribution in [0.15, 0.2) is 11.4 Å². The largest absolute Gasteiger partial charge is 0.398 e. The summed E-state index contributed by atoms with van der Waals surface area (Å²) in [7, 11) is 0. The predicted molar refractivity (Wildman–Crippen MR) is 39.4 cm³/mol. The van der Waals surface area contributed by atoms with Crippen molar-refractivity contribution in [1.82, 2.24) is 0 Å². The van der Waals surface area contributed by atoms with Crippen LogP contribution < -0.4 is 5.73 Å². The van der Waals surface area contributed by atoms with Crippen LogP contribution in [-0.4, -0.2) is 5.11 Å². The molecular formula is C6H9NOS. The van der Waals surface area contributed by atoms with Crippen LogP contribution in [0, 0.1) is 0 Å². The molecule has 1 aromatic rings. The molecule has 0 spiro atoms. The third-order valence-electron chi connectivity index (χ3n) is 1.11. The zero-order valence-corrected chi connectivity index (χ0v) is 5.98.